The van der Waals surface area contributed by atoms with Crippen LogP contribution >= 0.6 is 12.4 Å². The van der Waals surface area contributed by atoms with Gasteiger partial charge in [-0.3, -0.25) is 4.79 Å². The molecule has 1 aromatic carbocycles. The minimum Gasteiger partial charge on any atom is -0.406 e. The highest BCUT2D eigenvalue weighted by molar-refractivity contribution is 5.85. The van der Waals surface area contributed by atoms with Crippen molar-refractivity contribution in [2.45, 2.75) is 44.6 Å². The number of carbonyl (C=O) groups is 1. The molecule has 0 spiro atoms. The Morgan fingerprint density at radius 1 is 1.29 bits per heavy atom. The first-order valence-electron chi connectivity index (χ1n) is 7.60. The third-order valence-corrected chi connectivity index (χ3v) is 4.02. The lowest BCUT2D eigenvalue weighted by atomic mass is 9.85. The first kappa shape index (κ1) is 20.6. The number of amides is 1. The number of nitrogens with zero attached hydrogens (tertiary/aromatic N) is 1. The second kappa shape index (κ2) is 8.58. The van der Waals surface area contributed by atoms with E-state index < -0.39 is 6.36 Å². The van der Waals surface area contributed by atoms with Gasteiger partial charge in [0, 0.05) is 25.6 Å². The van der Waals surface area contributed by atoms with Crippen molar-refractivity contribution in [2.75, 3.05) is 7.05 Å². The number of benzene rings is 1. The van der Waals surface area contributed by atoms with Gasteiger partial charge < -0.3 is 15.4 Å². The van der Waals surface area contributed by atoms with Gasteiger partial charge in [-0.15, -0.1) is 25.6 Å². The second-order valence-electron chi connectivity index (χ2n) is 6.01. The molecule has 0 heterocycles. The summed E-state index contributed by atoms with van der Waals surface area (Å²) in [5.41, 5.74) is 6.65. The Kier molecular flexibility index (Phi) is 7.35. The van der Waals surface area contributed by atoms with Crippen LogP contribution in [-0.4, -0.2) is 30.3 Å². The van der Waals surface area contributed by atoms with Crippen LogP contribution in [0, 0.1) is 5.92 Å². The number of rotatable bonds is 4. The van der Waals surface area contributed by atoms with Crippen molar-refractivity contribution < 1.29 is 22.7 Å². The van der Waals surface area contributed by atoms with Crippen LogP contribution < -0.4 is 10.5 Å². The number of alkyl halides is 3. The first-order chi connectivity index (χ1) is 10.7. The molecule has 2 N–H and O–H groups in total. The second-order valence-corrected chi connectivity index (χ2v) is 6.01. The molecule has 0 aromatic heterocycles. The third-order valence-electron chi connectivity index (χ3n) is 4.02. The molecule has 1 amide bonds. The summed E-state index contributed by atoms with van der Waals surface area (Å²) in [6, 6.07) is 5.62. The molecule has 8 heteroatoms. The van der Waals surface area contributed by atoms with Crippen molar-refractivity contribution in [3.8, 4) is 5.75 Å². The molecule has 1 aliphatic carbocycles. The number of halogens is 4. The predicted molar refractivity (Wildman–Crippen MR) is 86.8 cm³/mol. The van der Waals surface area contributed by atoms with E-state index in [1.54, 1.807) is 11.9 Å². The highest BCUT2D eigenvalue weighted by Crippen LogP contribution is 2.26. The van der Waals surface area contributed by atoms with Crippen LogP contribution in [0.2, 0.25) is 0 Å². The van der Waals surface area contributed by atoms with E-state index in [0.29, 0.717) is 13.0 Å². The summed E-state index contributed by atoms with van der Waals surface area (Å²) < 4.78 is 40.2. The van der Waals surface area contributed by atoms with Crippen molar-refractivity contribution in [3.63, 3.8) is 0 Å². The SMILES string of the molecule is CN(Cc1ccc(OC(F)(F)F)cc1)C(=O)C1CCCC(N)C1.Cl. The molecule has 2 rings (SSSR count). The quantitative estimate of drug-likeness (QED) is 0.887. The highest BCUT2D eigenvalue weighted by Gasteiger charge is 2.31. The summed E-state index contributed by atoms with van der Waals surface area (Å²) in [6.07, 6.45) is -1.26. The van der Waals surface area contributed by atoms with E-state index in [2.05, 4.69) is 4.74 Å². The highest BCUT2D eigenvalue weighted by atomic mass is 35.5. The Morgan fingerprint density at radius 3 is 2.46 bits per heavy atom. The van der Waals surface area contributed by atoms with E-state index in [1.807, 2.05) is 0 Å². The fourth-order valence-corrected chi connectivity index (χ4v) is 2.91. The van der Waals surface area contributed by atoms with Gasteiger partial charge in [0.05, 0.1) is 0 Å². The molecule has 4 nitrogen and oxygen atoms in total. The number of nitrogens with two attached hydrogens (primary N) is 1. The fourth-order valence-electron chi connectivity index (χ4n) is 2.91. The number of carbonyl (C=O) groups excluding carboxylic acids is 1. The van der Waals surface area contributed by atoms with E-state index >= 15 is 0 Å². The average Bonchev–Trinajstić information content (AvgIpc) is 2.47. The minimum atomic E-state index is -4.70. The van der Waals surface area contributed by atoms with Crippen molar-refractivity contribution in [1.29, 1.82) is 0 Å². The Balaban J connectivity index is 0.00000288. The summed E-state index contributed by atoms with van der Waals surface area (Å²) in [4.78, 5) is 14.0. The van der Waals surface area contributed by atoms with E-state index in [4.69, 9.17) is 5.73 Å². The summed E-state index contributed by atoms with van der Waals surface area (Å²) in [7, 11) is 1.70. The standard InChI is InChI=1S/C16H21F3N2O2.ClH/c1-21(15(22)12-3-2-4-13(20)9-12)10-11-5-7-14(8-6-11)23-16(17,18)19;/h5-8,12-13H,2-4,9-10,20H2,1H3;1H. The van der Waals surface area contributed by atoms with Crippen LogP contribution in [0.1, 0.15) is 31.2 Å². The van der Waals surface area contributed by atoms with Crippen molar-refractivity contribution in [2.24, 2.45) is 11.7 Å². The Morgan fingerprint density at radius 2 is 1.92 bits per heavy atom. The van der Waals surface area contributed by atoms with Crippen molar-refractivity contribution >= 4 is 18.3 Å². The van der Waals surface area contributed by atoms with Gasteiger partial charge in [0.25, 0.3) is 0 Å². The summed E-state index contributed by atoms with van der Waals surface area (Å²) >= 11 is 0. The molecular formula is C16H22ClF3N2O2. The van der Waals surface area contributed by atoms with E-state index in [0.717, 1.165) is 24.8 Å². The first-order valence-corrected chi connectivity index (χ1v) is 7.60. The monoisotopic (exact) mass is 366 g/mol. The summed E-state index contributed by atoms with van der Waals surface area (Å²) in [6.45, 7) is 0.344. The Labute approximate surface area is 145 Å². The Bertz CT molecular complexity index is 537. The predicted octanol–water partition coefficient (Wildman–Crippen LogP) is 3.48. The van der Waals surface area contributed by atoms with E-state index in [1.165, 1.54) is 24.3 Å². The van der Waals surface area contributed by atoms with Gasteiger partial charge in [0.15, 0.2) is 0 Å². The zero-order chi connectivity index (χ0) is 17.0. The molecule has 24 heavy (non-hydrogen) atoms. The van der Waals surface area contributed by atoms with Gasteiger partial charge in [-0.1, -0.05) is 18.6 Å². The zero-order valence-corrected chi connectivity index (χ0v) is 14.2. The molecule has 2 unspecified atom stereocenters. The smallest absolute Gasteiger partial charge is 0.406 e. The van der Waals surface area contributed by atoms with Crippen LogP contribution in [0.4, 0.5) is 13.2 Å². The molecule has 1 saturated carbocycles. The molecule has 136 valence electrons. The number of hydrogen-bond acceptors (Lipinski definition) is 3. The molecule has 1 fully saturated rings. The Hall–Kier alpha value is -1.47. The molecule has 0 saturated heterocycles. The molecule has 1 aliphatic rings. The van der Waals surface area contributed by atoms with Crippen molar-refractivity contribution in [3.05, 3.63) is 29.8 Å². The molecule has 1 aromatic rings. The van der Waals surface area contributed by atoms with E-state index in [9.17, 15) is 18.0 Å². The summed E-state index contributed by atoms with van der Waals surface area (Å²) in [5.74, 6) is -0.291. The maximum Gasteiger partial charge on any atom is 0.573 e. The normalized spacial score (nSPS) is 20.9. The number of ether oxygens (including phenoxy) is 1. The molecular weight excluding hydrogens is 345 g/mol. The van der Waals surface area contributed by atoms with Crippen LogP contribution in [-0.2, 0) is 11.3 Å². The molecule has 0 aliphatic heterocycles. The van der Waals surface area contributed by atoms with Gasteiger partial charge in [-0.25, -0.2) is 0 Å². The fraction of sp³-hybridized carbons (Fsp3) is 0.562. The molecule has 0 bridgehead atoms. The van der Waals surface area contributed by atoms with Crippen LogP contribution in [0.3, 0.4) is 0 Å². The van der Waals surface area contributed by atoms with Gasteiger partial charge >= 0.3 is 6.36 Å². The van der Waals surface area contributed by atoms with Gasteiger partial charge in [0.1, 0.15) is 5.75 Å². The summed E-state index contributed by atoms with van der Waals surface area (Å²) in [5, 5.41) is 0. The minimum absolute atomic E-state index is 0. The topological polar surface area (TPSA) is 55.6 Å². The lowest BCUT2D eigenvalue weighted by molar-refractivity contribution is -0.274. The third kappa shape index (κ3) is 6.20. The van der Waals surface area contributed by atoms with Gasteiger partial charge in [-0.05, 0) is 37.0 Å². The maximum absolute atomic E-state index is 12.4. The largest absolute Gasteiger partial charge is 0.573 e. The van der Waals surface area contributed by atoms with Crippen molar-refractivity contribution in [1.82, 2.24) is 4.90 Å². The zero-order valence-electron chi connectivity index (χ0n) is 13.4. The molecule has 0 radical (unpaired) electrons. The van der Waals surface area contributed by atoms with Crippen LogP contribution in [0.5, 0.6) is 5.75 Å². The average molecular weight is 367 g/mol. The van der Waals surface area contributed by atoms with Gasteiger partial charge in [-0.2, -0.15) is 0 Å². The van der Waals surface area contributed by atoms with Gasteiger partial charge in [0.2, 0.25) is 5.91 Å². The molecule has 2 atom stereocenters. The lowest BCUT2D eigenvalue weighted by Gasteiger charge is -2.29. The van der Waals surface area contributed by atoms with Crippen LogP contribution in [0.15, 0.2) is 24.3 Å². The maximum atomic E-state index is 12.4. The number of hydrogen-bond donors (Lipinski definition) is 1. The van der Waals surface area contributed by atoms with E-state index in [-0.39, 0.29) is 36.0 Å². The van der Waals surface area contributed by atoms with Crippen LogP contribution in [0.25, 0.3) is 0 Å². The lowest BCUT2D eigenvalue weighted by Crippen LogP contribution is -2.38.